The largest absolute Gasteiger partial charge is 0.327 e. The highest BCUT2D eigenvalue weighted by atomic mass is 19.1. The number of benzene rings is 1. The zero-order valence-electron chi connectivity index (χ0n) is 7.76. The van der Waals surface area contributed by atoms with E-state index in [0.29, 0.717) is 0 Å². The summed E-state index contributed by atoms with van der Waals surface area (Å²) < 4.78 is 12.9. The summed E-state index contributed by atoms with van der Waals surface area (Å²) in [7, 11) is 0. The van der Waals surface area contributed by atoms with Crippen molar-refractivity contribution >= 4 is 0 Å². The van der Waals surface area contributed by atoms with Crippen molar-refractivity contribution in [3.63, 3.8) is 0 Å². The maximum Gasteiger partial charge on any atom is 0.123 e. The lowest BCUT2D eigenvalue weighted by Gasteiger charge is -2.13. The SMILES string of the molecule is CCC1(c2cccc(F)c2)CC1N. The molecule has 2 heteroatoms. The Kier molecular flexibility index (Phi) is 1.88. The molecular formula is C11H14FN. The van der Waals surface area contributed by atoms with Gasteiger partial charge in [0.2, 0.25) is 0 Å². The average molecular weight is 179 g/mol. The first-order valence-electron chi connectivity index (χ1n) is 4.70. The van der Waals surface area contributed by atoms with Crippen LogP contribution < -0.4 is 5.73 Å². The van der Waals surface area contributed by atoms with Crippen molar-refractivity contribution in [3.05, 3.63) is 35.6 Å². The van der Waals surface area contributed by atoms with Crippen molar-refractivity contribution in [2.45, 2.75) is 31.2 Å². The van der Waals surface area contributed by atoms with Crippen molar-refractivity contribution in [3.8, 4) is 0 Å². The molecule has 0 spiro atoms. The highest BCUT2D eigenvalue weighted by Crippen LogP contribution is 2.49. The van der Waals surface area contributed by atoms with Gasteiger partial charge in [0.1, 0.15) is 5.82 Å². The molecule has 0 bridgehead atoms. The Morgan fingerprint density at radius 1 is 1.62 bits per heavy atom. The number of halogens is 1. The molecule has 13 heavy (non-hydrogen) atoms. The van der Waals surface area contributed by atoms with E-state index in [9.17, 15) is 4.39 Å². The Labute approximate surface area is 77.8 Å². The molecule has 1 aliphatic rings. The van der Waals surface area contributed by atoms with Gasteiger partial charge in [0.15, 0.2) is 0 Å². The first-order valence-corrected chi connectivity index (χ1v) is 4.70. The molecule has 1 aromatic carbocycles. The zero-order chi connectivity index (χ0) is 9.47. The van der Waals surface area contributed by atoms with Gasteiger partial charge in [-0.1, -0.05) is 19.1 Å². The maximum atomic E-state index is 12.9. The second kappa shape index (κ2) is 2.81. The van der Waals surface area contributed by atoms with E-state index in [-0.39, 0.29) is 17.3 Å². The second-order valence-electron chi connectivity index (χ2n) is 3.83. The Balaban J connectivity index is 2.35. The van der Waals surface area contributed by atoms with Crippen LogP contribution in [0.4, 0.5) is 4.39 Å². The quantitative estimate of drug-likeness (QED) is 0.740. The summed E-state index contributed by atoms with van der Waals surface area (Å²) in [6.45, 7) is 2.11. The third kappa shape index (κ3) is 1.25. The Bertz CT molecular complexity index is 320. The molecule has 1 nitrogen and oxygen atoms in total. The highest BCUT2D eigenvalue weighted by Gasteiger charge is 2.51. The minimum atomic E-state index is -0.163. The summed E-state index contributed by atoms with van der Waals surface area (Å²) >= 11 is 0. The fraction of sp³-hybridized carbons (Fsp3) is 0.455. The first-order chi connectivity index (χ1) is 6.19. The fourth-order valence-corrected chi connectivity index (χ4v) is 2.07. The van der Waals surface area contributed by atoms with E-state index in [0.717, 1.165) is 18.4 Å². The topological polar surface area (TPSA) is 26.0 Å². The summed E-state index contributed by atoms with van der Waals surface area (Å²) in [6, 6.07) is 7.03. The molecule has 0 aromatic heterocycles. The molecular weight excluding hydrogens is 165 g/mol. The van der Waals surface area contributed by atoms with Crippen LogP contribution >= 0.6 is 0 Å². The van der Waals surface area contributed by atoms with Crippen LogP contribution in [0.3, 0.4) is 0 Å². The molecule has 0 heterocycles. The molecule has 0 saturated heterocycles. The van der Waals surface area contributed by atoms with Crippen LogP contribution in [0.15, 0.2) is 24.3 Å². The van der Waals surface area contributed by atoms with Gasteiger partial charge in [0.05, 0.1) is 0 Å². The van der Waals surface area contributed by atoms with Gasteiger partial charge in [-0.25, -0.2) is 4.39 Å². The molecule has 1 aromatic rings. The van der Waals surface area contributed by atoms with E-state index in [1.807, 2.05) is 6.07 Å². The molecule has 2 atom stereocenters. The van der Waals surface area contributed by atoms with E-state index in [4.69, 9.17) is 5.73 Å². The molecule has 0 aliphatic heterocycles. The lowest BCUT2D eigenvalue weighted by molar-refractivity contribution is 0.601. The van der Waals surface area contributed by atoms with E-state index in [1.54, 1.807) is 12.1 Å². The van der Waals surface area contributed by atoms with Gasteiger partial charge in [-0.2, -0.15) is 0 Å². The van der Waals surface area contributed by atoms with E-state index >= 15 is 0 Å². The smallest absolute Gasteiger partial charge is 0.123 e. The van der Waals surface area contributed by atoms with E-state index in [2.05, 4.69) is 6.92 Å². The van der Waals surface area contributed by atoms with Crippen molar-refractivity contribution in [2.24, 2.45) is 5.73 Å². The first kappa shape index (κ1) is 8.70. The van der Waals surface area contributed by atoms with Gasteiger partial charge in [0.25, 0.3) is 0 Å². The van der Waals surface area contributed by atoms with Crippen molar-refractivity contribution in [2.75, 3.05) is 0 Å². The summed E-state index contributed by atoms with van der Waals surface area (Å²) in [5.41, 5.74) is 7.00. The van der Waals surface area contributed by atoms with Crippen LogP contribution in [-0.4, -0.2) is 6.04 Å². The van der Waals surface area contributed by atoms with Crippen LogP contribution in [0.25, 0.3) is 0 Å². The summed E-state index contributed by atoms with van der Waals surface area (Å²) in [6.07, 6.45) is 1.99. The predicted octanol–water partition coefficient (Wildman–Crippen LogP) is 2.20. The molecule has 1 saturated carbocycles. The normalized spacial score (nSPS) is 31.8. The maximum absolute atomic E-state index is 12.9. The number of nitrogens with two attached hydrogens (primary N) is 1. The van der Waals surface area contributed by atoms with Gasteiger partial charge in [-0.3, -0.25) is 0 Å². The van der Waals surface area contributed by atoms with Crippen molar-refractivity contribution < 1.29 is 4.39 Å². The molecule has 0 amide bonds. The molecule has 2 rings (SSSR count). The fourth-order valence-electron chi connectivity index (χ4n) is 2.07. The number of hydrogen-bond donors (Lipinski definition) is 1. The average Bonchev–Trinajstić information content (AvgIpc) is 2.78. The van der Waals surface area contributed by atoms with Crippen LogP contribution in [-0.2, 0) is 5.41 Å². The van der Waals surface area contributed by atoms with Crippen LogP contribution in [0, 0.1) is 5.82 Å². The molecule has 2 N–H and O–H groups in total. The predicted molar refractivity (Wildman–Crippen MR) is 51.0 cm³/mol. The molecule has 1 fully saturated rings. The molecule has 1 aliphatic carbocycles. The highest BCUT2D eigenvalue weighted by molar-refractivity contribution is 5.35. The summed E-state index contributed by atoms with van der Waals surface area (Å²) in [5, 5.41) is 0. The van der Waals surface area contributed by atoms with Crippen molar-refractivity contribution in [1.29, 1.82) is 0 Å². The monoisotopic (exact) mass is 179 g/mol. The van der Waals surface area contributed by atoms with Crippen molar-refractivity contribution in [1.82, 2.24) is 0 Å². The third-order valence-corrected chi connectivity index (χ3v) is 3.16. The molecule has 0 radical (unpaired) electrons. The summed E-state index contributed by atoms with van der Waals surface area (Å²) in [4.78, 5) is 0. The molecule has 2 unspecified atom stereocenters. The van der Waals surface area contributed by atoms with Gasteiger partial charge < -0.3 is 5.73 Å². The van der Waals surface area contributed by atoms with Gasteiger partial charge in [0, 0.05) is 11.5 Å². The van der Waals surface area contributed by atoms with Crippen LogP contribution in [0.5, 0.6) is 0 Å². The van der Waals surface area contributed by atoms with E-state index < -0.39 is 0 Å². The number of hydrogen-bond acceptors (Lipinski definition) is 1. The Morgan fingerprint density at radius 3 is 2.77 bits per heavy atom. The summed E-state index contributed by atoms with van der Waals surface area (Å²) in [5.74, 6) is -0.163. The Hall–Kier alpha value is -0.890. The second-order valence-corrected chi connectivity index (χ2v) is 3.83. The third-order valence-electron chi connectivity index (χ3n) is 3.16. The lowest BCUT2D eigenvalue weighted by atomic mass is 9.92. The van der Waals surface area contributed by atoms with Gasteiger partial charge >= 0.3 is 0 Å². The number of rotatable bonds is 2. The molecule has 70 valence electrons. The minimum Gasteiger partial charge on any atom is -0.327 e. The zero-order valence-corrected chi connectivity index (χ0v) is 7.76. The lowest BCUT2D eigenvalue weighted by Crippen LogP contribution is -2.17. The van der Waals surface area contributed by atoms with Gasteiger partial charge in [-0.15, -0.1) is 0 Å². The minimum absolute atomic E-state index is 0.0715. The van der Waals surface area contributed by atoms with E-state index in [1.165, 1.54) is 6.07 Å². The van der Waals surface area contributed by atoms with Gasteiger partial charge in [-0.05, 0) is 30.5 Å². The van der Waals surface area contributed by atoms with Crippen LogP contribution in [0.2, 0.25) is 0 Å². The Morgan fingerprint density at radius 2 is 2.31 bits per heavy atom. The van der Waals surface area contributed by atoms with Crippen LogP contribution in [0.1, 0.15) is 25.3 Å². The standard InChI is InChI=1S/C11H14FN/c1-2-11(7-10(11)13)8-4-3-5-9(12)6-8/h3-6,10H,2,7,13H2,1H3.